The predicted octanol–water partition coefficient (Wildman–Crippen LogP) is 4.87. The second kappa shape index (κ2) is 6.61. The van der Waals surface area contributed by atoms with Gasteiger partial charge in [0.25, 0.3) is 0 Å². The van der Waals surface area contributed by atoms with Crippen molar-refractivity contribution in [3.8, 4) is 34.1 Å². The molecule has 0 radical (unpaired) electrons. The Morgan fingerprint density at radius 3 is 2.45 bits per heavy atom. The van der Waals surface area contributed by atoms with Gasteiger partial charge in [-0.25, -0.2) is 0 Å². The molecule has 0 amide bonds. The Bertz CT molecular complexity index is 1130. The van der Waals surface area contributed by atoms with Crippen molar-refractivity contribution in [3.63, 3.8) is 0 Å². The molecule has 0 saturated heterocycles. The number of hydrogen-bond acceptors (Lipinski definition) is 6. The van der Waals surface area contributed by atoms with Crippen molar-refractivity contribution in [2.24, 2.45) is 0 Å². The SMILES string of the molecule is CCOC1c2cc3c(cc2-c2ccc4c5c(ccc4c2N1C)OCO5)OCO3.Cl. The number of benzene rings is 3. The third-order valence-electron chi connectivity index (χ3n) is 5.63. The molecule has 7 heteroatoms. The number of hydrogen-bond donors (Lipinski definition) is 0. The molecule has 0 aromatic heterocycles. The van der Waals surface area contributed by atoms with Crippen LogP contribution in [0.25, 0.3) is 21.9 Å². The first-order valence-electron chi connectivity index (χ1n) is 9.40. The minimum absolute atomic E-state index is 0. The summed E-state index contributed by atoms with van der Waals surface area (Å²) in [5.74, 6) is 3.13. The van der Waals surface area contributed by atoms with Gasteiger partial charge in [0, 0.05) is 35.6 Å². The van der Waals surface area contributed by atoms with Crippen LogP contribution >= 0.6 is 12.4 Å². The van der Waals surface area contributed by atoms with E-state index in [1.165, 1.54) is 0 Å². The van der Waals surface area contributed by atoms with E-state index in [0.29, 0.717) is 6.61 Å². The fraction of sp³-hybridized carbons (Fsp3) is 0.273. The van der Waals surface area contributed by atoms with Gasteiger partial charge in [0.1, 0.15) is 0 Å². The Hall–Kier alpha value is -2.83. The van der Waals surface area contributed by atoms with Crippen molar-refractivity contribution in [1.29, 1.82) is 0 Å². The summed E-state index contributed by atoms with van der Waals surface area (Å²) in [7, 11) is 2.07. The molecule has 3 aliphatic heterocycles. The van der Waals surface area contributed by atoms with Crippen LogP contribution in [-0.2, 0) is 4.74 Å². The van der Waals surface area contributed by atoms with Gasteiger partial charge in [-0.3, -0.25) is 0 Å². The number of ether oxygens (including phenoxy) is 5. The first kappa shape index (κ1) is 18.2. The number of rotatable bonds is 2. The fourth-order valence-electron chi connectivity index (χ4n) is 4.43. The van der Waals surface area contributed by atoms with Gasteiger partial charge in [-0.15, -0.1) is 12.4 Å². The van der Waals surface area contributed by atoms with Gasteiger partial charge in [0.15, 0.2) is 29.2 Å². The van der Waals surface area contributed by atoms with E-state index in [1.54, 1.807) is 0 Å². The van der Waals surface area contributed by atoms with Crippen LogP contribution in [0.2, 0.25) is 0 Å². The van der Waals surface area contributed by atoms with E-state index < -0.39 is 0 Å². The van der Waals surface area contributed by atoms with Crippen LogP contribution < -0.4 is 23.8 Å². The lowest BCUT2D eigenvalue weighted by atomic mass is 9.89. The van der Waals surface area contributed by atoms with Gasteiger partial charge in [0.2, 0.25) is 13.6 Å². The van der Waals surface area contributed by atoms with E-state index in [-0.39, 0.29) is 32.2 Å². The molecular weight excluding hydrogens is 394 g/mol. The fourth-order valence-corrected chi connectivity index (χ4v) is 4.43. The van der Waals surface area contributed by atoms with Gasteiger partial charge >= 0.3 is 0 Å². The van der Waals surface area contributed by atoms with E-state index in [0.717, 1.165) is 56.1 Å². The zero-order valence-corrected chi connectivity index (χ0v) is 16.9. The Morgan fingerprint density at radius 2 is 1.62 bits per heavy atom. The quantitative estimate of drug-likeness (QED) is 0.597. The largest absolute Gasteiger partial charge is 0.454 e. The lowest BCUT2D eigenvalue weighted by Crippen LogP contribution is -2.30. The van der Waals surface area contributed by atoms with Gasteiger partial charge in [-0.1, -0.05) is 6.07 Å². The van der Waals surface area contributed by atoms with E-state index in [1.807, 2.05) is 19.1 Å². The van der Waals surface area contributed by atoms with Crippen LogP contribution in [0.3, 0.4) is 0 Å². The Balaban J connectivity index is 0.00000181. The molecule has 3 aliphatic rings. The predicted molar refractivity (Wildman–Crippen MR) is 112 cm³/mol. The normalized spacial score (nSPS) is 17.7. The monoisotopic (exact) mass is 413 g/mol. The molecule has 0 bridgehead atoms. The third-order valence-corrected chi connectivity index (χ3v) is 5.63. The maximum Gasteiger partial charge on any atom is 0.231 e. The highest BCUT2D eigenvalue weighted by Crippen LogP contribution is 2.53. The Morgan fingerprint density at radius 1 is 0.897 bits per heavy atom. The second-order valence-corrected chi connectivity index (χ2v) is 7.07. The summed E-state index contributed by atoms with van der Waals surface area (Å²) in [6, 6.07) is 12.4. The van der Waals surface area contributed by atoms with Crippen molar-refractivity contribution in [2.45, 2.75) is 13.2 Å². The molecule has 1 atom stereocenters. The van der Waals surface area contributed by atoms with Crippen molar-refractivity contribution in [2.75, 3.05) is 32.1 Å². The highest BCUT2D eigenvalue weighted by atomic mass is 35.5. The number of halogens is 1. The van der Waals surface area contributed by atoms with E-state index in [2.05, 4.69) is 36.2 Å². The minimum atomic E-state index is -0.210. The Labute approximate surface area is 174 Å². The third kappa shape index (κ3) is 2.46. The van der Waals surface area contributed by atoms with Gasteiger partial charge < -0.3 is 28.6 Å². The zero-order valence-electron chi connectivity index (χ0n) is 16.1. The van der Waals surface area contributed by atoms with Crippen LogP contribution in [0.5, 0.6) is 23.0 Å². The average Bonchev–Trinajstić information content (AvgIpc) is 3.37. The van der Waals surface area contributed by atoms with Crippen LogP contribution in [0.15, 0.2) is 36.4 Å². The molecule has 150 valence electrons. The summed E-state index contributed by atoms with van der Waals surface area (Å²) in [4.78, 5) is 2.19. The number of nitrogens with zero attached hydrogens (tertiary/aromatic N) is 1. The molecule has 6 rings (SSSR count). The van der Waals surface area contributed by atoms with E-state index >= 15 is 0 Å². The van der Waals surface area contributed by atoms with Crippen molar-refractivity contribution in [3.05, 3.63) is 42.0 Å². The molecular formula is C22H20ClNO5. The molecule has 3 aromatic rings. The van der Waals surface area contributed by atoms with Crippen LogP contribution in [0, 0.1) is 0 Å². The zero-order chi connectivity index (χ0) is 18.8. The molecule has 1 unspecified atom stereocenters. The molecule has 0 aliphatic carbocycles. The lowest BCUT2D eigenvalue weighted by molar-refractivity contribution is 0.0628. The molecule has 6 nitrogen and oxygen atoms in total. The molecule has 0 saturated carbocycles. The Kier molecular flexibility index (Phi) is 4.15. The summed E-state index contributed by atoms with van der Waals surface area (Å²) in [6.07, 6.45) is -0.210. The molecule has 0 fully saturated rings. The topological polar surface area (TPSA) is 49.4 Å². The second-order valence-electron chi connectivity index (χ2n) is 7.07. The summed E-state index contributed by atoms with van der Waals surface area (Å²) in [6.45, 7) is 3.13. The summed E-state index contributed by atoms with van der Waals surface area (Å²) in [5, 5.41) is 2.15. The van der Waals surface area contributed by atoms with Gasteiger partial charge in [-0.2, -0.15) is 0 Å². The van der Waals surface area contributed by atoms with Crippen molar-refractivity contribution in [1.82, 2.24) is 0 Å². The first-order valence-corrected chi connectivity index (χ1v) is 9.40. The van der Waals surface area contributed by atoms with Crippen molar-refractivity contribution >= 4 is 28.9 Å². The minimum Gasteiger partial charge on any atom is -0.454 e. The summed E-state index contributed by atoms with van der Waals surface area (Å²) < 4.78 is 28.7. The highest BCUT2D eigenvalue weighted by Gasteiger charge is 2.34. The van der Waals surface area contributed by atoms with Gasteiger partial charge in [-0.05, 0) is 42.8 Å². The number of fused-ring (bicyclic) bond motifs is 8. The molecule has 0 spiro atoms. The average molecular weight is 414 g/mol. The van der Waals surface area contributed by atoms with Gasteiger partial charge in [0.05, 0.1) is 5.69 Å². The van der Waals surface area contributed by atoms with Crippen LogP contribution in [-0.4, -0.2) is 27.2 Å². The molecule has 3 heterocycles. The maximum absolute atomic E-state index is 6.15. The summed E-state index contributed by atoms with van der Waals surface area (Å²) >= 11 is 0. The molecule has 3 aromatic carbocycles. The molecule has 0 N–H and O–H groups in total. The maximum atomic E-state index is 6.15. The smallest absolute Gasteiger partial charge is 0.231 e. The summed E-state index contributed by atoms with van der Waals surface area (Å²) in [5.41, 5.74) is 4.44. The lowest BCUT2D eigenvalue weighted by Gasteiger charge is -2.38. The first-order chi connectivity index (χ1) is 13.8. The standard InChI is InChI=1S/C22H19NO5.ClH/c1-3-24-22-16-9-19-18(26-10-27-19)8-15(16)13-4-5-14-12(20(13)23(22)2)6-7-17-21(14)28-11-25-17;/h4-9,22H,3,10-11H2,1-2H3;1H. The number of anilines is 1. The highest BCUT2D eigenvalue weighted by molar-refractivity contribution is 6.07. The van der Waals surface area contributed by atoms with Crippen LogP contribution in [0.1, 0.15) is 18.7 Å². The van der Waals surface area contributed by atoms with E-state index in [4.69, 9.17) is 23.7 Å². The van der Waals surface area contributed by atoms with E-state index in [9.17, 15) is 0 Å². The molecule has 29 heavy (non-hydrogen) atoms. The van der Waals surface area contributed by atoms with Crippen molar-refractivity contribution < 1.29 is 23.7 Å². The van der Waals surface area contributed by atoms with Crippen LogP contribution in [0.4, 0.5) is 5.69 Å².